The Morgan fingerprint density at radius 1 is 1.14 bits per heavy atom. The van der Waals surface area contributed by atoms with Crippen molar-refractivity contribution in [1.29, 1.82) is 0 Å². The SMILES string of the molecule is O=C(NC1CCC(CNC2=CCCC=C2)CC1)c1c(C(F)(F)F)ccc(Cl)c1F. The van der Waals surface area contributed by atoms with Gasteiger partial charge in [-0.3, -0.25) is 4.79 Å². The van der Waals surface area contributed by atoms with Crippen LogP contribution in [0.2, 0.25) is 5.02 Å². The molecule has 0 bridgehead atoms. The second kappa shape index (κ2) is 9.20. The number of amides is 1. The molecule has 2 aliphatic carbocycles. The molecule has 8 heteroatoms. The molecule has 0 saturated heterocycles. The van der Waals surface area contributed by atoms with E-state index in [-0.39, 0.29) is 6.04 Å². The van der Waals surface area contributed by atoms with Gasteiger partial charge in [0.15, 0.2) is 5.82 Å². The third kappa shape index (κ3) is 5.53. The Kier molecular flexibility index (Phi) is 6.88. The molecule has 0 unspecified atom stereocenters. The maximum atomic E-state index is 14.2. The lowest BCUT2D eigenvalue weighted by molar-refractivity contribution is -0.138. The molecule has 1 aromatic carbocycles. The highest BCUT2D eigenvalue weighted by atomic mass is 35.5. The van der Waals surface area contributed by atoms with E-state index in [1.54, 1.807) is 0 Å². The Hall–Kier alpha value is -2.02. The van der Waals surface area contributed by atoms with Gasteiger partial charge in [0, 0.05) is 18.3 Å². The minimum Gasteiger partial charge on any atom is -0.385 e. The van der Waals surface area contributed by atoms with Gasteiger partial charge in [0.1, 0.15) is 0 Å². The number of halogens is 5. The summed E-state index contributed by atoms with van der Waals surface area (Å²) in [6.45, 7) is 0.817. The van der Waals surface area contributed by atoms with Crippen LogP contribution in [-0.2, 0) is 6.18 Å². The first-order valence-electron chi connectivity index (χ1n) is 9.72. The van der Waals surface area contributed by atoms with Gasteiger partial charge < -0.3 is 10.6 Å². The van der Waals surface area contributed by atoms with Crippen molar-refractivity contribution in [2.45, 2.75) is 50.7 Å². The summed E-state index contributed by atoms with van der Waals surface area (Å²) in [5, 5.41) is 5.46. The molecule has 2 aliphatic rings. The van der Waals surface area contributed by atoms with E-state index in [2.05, 4.69) is 28.9 Å². The summed E-state index contributed by atoms with van der Waals surface area (Å²) in [7, 11) is 0. The van der Waals surface area contributed by atoms with E-state index in [4.69, 9.17) is 11.6 Å². The molecule has 2 N–H and O–H groups in total. The van der Waals surface area contributed by atoms with E-state index in [9.17, 15) is 22.4 Å². The van der Waals surface area contributed by atoms with Crippen LogP contribution in [0, 0.1) is 11.7 Å². The molecule has 1 fully saturated rings. The fourth-order valence-electron chi connectivity index (χ4n) is 3.78. The van der Waals surface area contributed by atoms with Gasteiger partial charge in [0.25, 0.3) is 5.91 Å². The molecule has 1 aromatic rings. The van der Waals surface area contributed by atoms with Crippen molar-refractivity contribution in [2.24, 2.45) is 5.92 Å². The molecule has 0 aromatic heterocycles. The minimum absolute atomic E-state index is 0.285. The van der Waals surface area contributed by atoms with Gasteiger partial charge in [-0.2, -0.15) is 13.2 Å². The number of hydrogen-bond donors (Lipinski definition) is 2. The third-order valence-corrected chi connectivity index (χ3v) is 5.69. The monoisotopic (exact) mass is 430 g/mol. The molecular weight excluding hydrogens is 408 g/mol. The van der Waals surface area contributed by atoms with E-state index in [0.717, 1.165) is 44.0 Å². The quantitative estimate of drug-likeness (QED) is 0.596. The molecule has 0 aliphatic heterocycles. The summed E-state index contributed by atoms with van der Waals surface area (Å²) in [5.41, 5.74) is -1.24. The standard InChI is InChI=1S/C21H23ClF4N2O/c22-17-11-10-16(21(24,25)26)18(19(17)23)20(29)28-15-8-6-13(7-9-15)12-27-14-4-2-1-3-5-14/h2,4-5,10-11,13,15,27H,1,3,6-9,12H2,(H,28,29). The van der Waals surface area contributed by atoms with Crippen LogP contribution in [0.1, 0.15) is 54.4 Å². The van der Waals surface area contributed by atoms with Crippen molar-refractivity contribution in [1.82, 2.24) is 10.6 Å². The van der Waals surface area contributed by atoms with Crippen LogP contribution >= 0.6 is 11.6 Å². The first-order chi connectivity index (χ1) is 13.8. The van der Waals surface area contributed by atoms with Crippen LogP contribution < -0.4 is 10.6 Å². The summed E-state index contributed by atoms with van der Waals surface area (Å²) >= 11 is 5.60. The van der Waals surface area contributed by atoms with Crippen LogP contribution in [0.4, 0.5) is 17.6 Å². The maximum Gasteiger partial charge on any atom is 0.417 e. The number of alkyl halides is 3. The van der Waals surface area contributed by atoms with Gasteiger partial charge in [-0.05, 0) is 62.7 Å². The lowest BCUT2D eigenvalue weighted by atomic mass is 9.85. The highest BCUT2D eigenvalue weighted by molar-refractivity contribution is 6.31. The third-order valence-electron chi connectivity index (χ3n) is 5.40. The van der Waals surface area contributed by atoms with E-state index in [1.165, 1.54) is 0 Å². The molecule has 0 spiro atoms. The zero-order valence-electron chi connectivity index (χ0n) is 15.8. The van der Waals surface area contributed by atoms with Crippen LogP contribution in [0.15, 0.2) is 36.1 Å². The summed E-state index contributed by atoms with van der Waals surface area (Å²) in [5.74, 6) is -1.99. The fraction of sp³-hybridized carbons (Fsp3) is 0.476. The number of benzene rings is 1. The van der Waals surface area contributed by atoms with E-state index < -0.39 is 34.1 Å². The first-order valence-corrected chi connectivity index (χ1v) is 10.1. The van der Waals surface area contributed by atoms with Crippen molar-refractivity contribution in [3.8, 4) is 0 Å². The lowest BCUT2D eigenvalue weighted by Crippen LogP contribution is -2.40. The largest absolute Gasteiger partial charge is 0.417 e. The Bertz CT molecular complexity index is 812. The zero-order chi connectivity index (χ0) is 21.0. The summed E-state index contributed by atoms with van der Waals surface area (Å²) in [6.07, 6.45) is 6.52. The summed E-state index contributed by atoms with van der Waals surface area (Å²) < 4.78 is 53.8. The predicted octanol–water partition coefficient (Wildman–Crippen LogP) is 5.61. The van der Waals surface area contributed by atoms with Gasteiger partial charge >= 0.3 is 6.18 Å². The van der Waals surface area contributed by atoms with Crippen LogP contribution in [0.3, 0.4) is 0 Å². The molecule has 1 saturated carbocycles. The molecule has 1 amide bonds. The Labute approximate surface area is 172 Å². The normalized spacial score (nSPS) is 22.2. The molecule has 0 atom stereocenters. The average Bonchev–Trinajstić information content (AvgIpc) is 2.69. The Balaban J connectivity index is 1.57. The molecule has 3 nitrogen and oxygen atoms in total. The number of carbonyl (C=O) groups excluding carboxylic acids is 1. The van der Waals surface area contributed by atoms with E-state index in [1.807, 2.05) is 0 Å². The topological polar surface area (TPSA) is 41.1 Å². The maximum absolute atomic E-state index is 14.2. The Morgan fingerprint density at radius 2 is 1.86 bits per heavy atom. The van der Waals surface area contributed by atoms with Gasteiger partial charge in [0.2, 0.25) is 0 Å². The Morgan fingerprint density at radius 3 is 2.48 bits per heavy atom. The second-order valence-electron chi connectivity index (χ2n) is 7.49. The van der Waals surface area contributed by atoms with Crippen molar-refractivity contribution in [3.05, 3.63) is 58.0 Å². The van der Waals surface area contributed by atoms with Crippen LogP contribution in [0.25, 0.3) is 0 Å². The number of carbonyl (C=O) groups is 1. The molecule has 158 valence electrons. The van der Waals surface area contributed by atoms with Gasteiger partial charge in [-0.1, -0.05) is 23.8 Å². The van der Waals surface area contributed by atoms with E-state index >= 15 is 0 Å². The summed E-state index contributed by atoms with van der Waals surface area (Å²) in [6, 6.07) is 1.16. The number of hydrogen-bond acceptors (Lipinski definition) is 2. The summed E-state index contributed by atoms with van der Waals surface area (Å²) in [4.78, 5) is 12.4. The van der Waals surface area contributed by atoms with E-state index in [0.29, 0.717) is 24.8 Å². The van der Waals surface area contributed by atoms with Gasteiger partial charge in [-0.25, -0.2) is 4.39 Å². The van der Waals surface area contributed by atoms with Gasteiger partial charge in [-0.15, -0.1) is 0 Å². The molecule has 3 rings (SSSR count). The number of rotatable bonds is 5. The van der Waals surface area contributed by atoms with Crippen molar-refractivity contribution < 1.29 is 22.4 Å². The van der Waals surface area contributed by atoms with Crippen molar-refractivity contribution >= 4 is 17.5 Å². The predicted molar refractivity (Wildman–Crippen MR) is 104 cm³/mol. The average molecular weight is 431 g/mol. The smallest absolute Gasteiger partial charge is 0.385 e. The van der Waals surface area contributed by atoms with Crippen LogP contribution in [-0.4, -0.2) is 18.5 Å². The van der Waals surface area contributed by atoms with Crippen LogP contribution in [0.5, 0.6) is 0 Å². The van der Waals surface area contributed by atoms with Crippen molar-refractivity contribution in [2.75, 3.05) is 6.54 Å². The molecule has 0 radical (unpaired) electrons. The van der Waals surface area contributed by atoms with Crippen molar-refractivity contribution in [3.63, 3.8) is 0 Å². The molecule has 29 heavy (non-hydrogen) atoms. The molecular formula is C21H23ClF4N2O. The zero-order valence-corrected chi connectivity index (χ0v) is 16.5. The number of allylic oxidation sites excluding steroid dienone is 3. The number of nitrogens with one attached hydrogen (secondary N) is 2. The minimum atomic E-state index is -4.84. The highest BCUT2D eigenvalue weighted by Gasteiger charge is 2.38. The molecule has 0 heterocycles. The first kappa shape index (κ1) is 21.7. The second-order valence-corrected chi connectivity index (χ2v) is 7.90. The highest BCUT2D eigenvalue weighted by Crippen LogP contribution is 2.35. The lowest BCUT2D eigenvalue weighted by Gasteiger charge is -2.30. The fourth-order valence-corrected chi connectivity index (χ4v) is 3.94. The van der Waals surface area contributed by atoms with Gasteiger partial charge in [0.05, 0.1) is 16.1 Å².